The maximum absolute atomic E-state index is 11.8. The maximum atomic E-state index is 11.8. The minimum absolute atomic E-state index is 0.275. The lowest BCUT2D eigenvalue weighted by Gasteiger charge is -2.04. The van der Waals surface area contributed by atoms with Crippen molar-refractivity contribution in [1.82, 2.24) is 24.8 Å². The van der Waals surface area contributed by atoms with Gasteiger partial charge in [0.15, 0.2) is 5.65 Å². The molecule has 3 heterocycles. The van der Waals surface area contributed by atoms with Gasteiger partial charge in [-0.1, -0.05) is 0 Å². The normalized spacial score (nSPS) is 15.6. The van der Waals surface area contributed by atoms with Crippen molar-refractivity contribution in [1.29, 1.82) is 0 Å². The number of hydrogen-bond donors (Lipinski definition) is 1. The molecule has 1 fully saturated rings. The first-order valence-electron chi connectivity index (χ1n) is 8.13. The summed E-state index contributed by atoms with van der Waals surface area (Å²) in [4.78, 5) is 17.4. The molecule has 1 aromatic carbocycles. The summed E-state index contributed by atoms with van der Waals surface area (Å²) in [6, 6.07) is 9.84. The molecule has 0 aliphatic heterocycles. The van der Waals surface area contributed by atoms with E-state index < -0.39 is 5.41 Å². The third-order valence-electron chi connectivity index (χ3n) is 4.57. The highest BCUT2D eigenvalue weighted by Crippen LogP contribution is 2.50. The third kappa shape index (κ3) is 2.38. The molecule has 2 N–H and O–H groups in total. The lowest BCUT2D eigenvalue weighted by molar-refractivity contribution is -0.120. The maximum Gasteiger partial charge on any atom is 0.230 e. The number of primary amides is 1. The van der Waals surface area contributed by atoms with Crippen LogP contribution in [0.1, 0.15) is 23.5 Å². The lowest BCUT2D eigenvalue weighted by atomic mass is 10.1. The number of benzene rings is 1. The van der Waals surface area contributed by atoms with E-state index in [1.54, 1.807) is 15.9 Å². The van der Waals surface area contributed by atoms with Gasteiger partial charge in [-0.05, 0) is 61.9 Å². The van der Waals surface area contributed by atoms with Gasteiger partial charge >= 0.3 is 0 Å². The van der Waals surface area contributed by atoms with Crippen molar-refractivity contribution in [2.24, 2.45) is 5.73 Å². The Bertz CT molecular complexity index is 1180. The molecule has 3 aromatic heterocycles. The van der Waals surface area contributed by atoms with Crippen LogP contribution in [0.5, 0.6) is 0 Å². The molecule has 0 bridgehead atoms. The molecule has 26 heavy (non-hydrogen) atoms. The van der Waals surface area contributed by atoms with Crippen LogP contribution in [0.15, 0.2) is 40.4 Å². The Hall–Kier alpha value is -2.52. The molecule has 0 atom stereocenters. The van der Waals surface area contributed by atoms with Crippen LogP contribution >= 0.6 is 23.1 Å². The van der Waals surface area contributed by atoms with Gasteiger partial charge in [0.25, 0.3) is 0 Å². The molecule has 5 rings (SSSR count). The van der Waals surface area contributed by atoms with Gasteiger partial charge in [0.05, 0.1) is 15.9 Å². The molecule has 1 aliphatic carbocycles. The standard InChI is InChI=1S/C17H14N6OS2/c1-9-2-5-13-20-21-16(23(13)22-9)25-10-3-4-11-12(8-10)26-15(19-11)17(6-7-17)14(18)24/h2-5,8H,6-7H2,1H3,(H2,18,24). The fourth-order valence-corrected chi connectivity index (χ4v) is 5.05. The first kappa shape index (κ1) is 15.7. The number of nitrogens with two attached hydrogens (primary N) is 1. The smallest absolute Gasteiger partial charge is 0.230 e. The van der Waals surface area contributed by atoms with Crippen LogP contribution in [0.3, 0.4) is 0 Å². The number of carbonyl (C=O) groups excluding carboxylic acids is 1. The molecule has 9 heteroatoms. The average Bonchev–Trinajstić information content (AvgIpc) is 3.20. The van der Waals surface area contributed by atoms with E-state index in [1.165, 1.54) is 11.8 Å². The number of aromatic nitrogens is 5. The number of nitrogens with zero attached hydrogens (tertiary/aromatic N) is 5. The average molecular weight is 382 g/mol. The molecular weight excluding hydrogens is 368 g/mol. The van der Waals surface area contributed by atoms with Crippen LogP contribution in [0, 0.1) is 6.92 Å². The van der Waals surface area contributed by atoms with Crippen LogP contribution in [0.25, 0.3) is 15.9 Å². The first-order valence-corrected chi connectivity index (χ1v) is 9.76. The molecule has 0 saturated heterocycles. The quantitative estimate of drug-likeness (QED) is 0.583. The van der Waals surface area contributed by atoms with Crippen molar-refractivity contribution in [3.05, 3.63) is 41.0 Å². The number of aryl methyl sites for hydroxylation is 1. The Morgan fingerprint density at radius 1 is 1.27 bits per heavy atom. The monoisotopic (exact) mass is 382 g/mol. The Labute approximate surface area is 156 Å². The first-order chi connectivity index (χ1) is 12.5. The van der Waals surface area contributed by atoms with Gasteiger partial charge in [0.1, 0.15) is 10.4 Å². The predicted octanol–water partition coefficient (Wildman–Crippen LogP) is 2.71. The van der Waals surface area contributed by atoms with E-state index in [1.807, 2.05) is 31.2 Å². The van der Waals surface area contributed by atoms with Crippen molar-refractivity contribution < 1.29 is 4.79 Å². The zero-order chi connectivity index (χ0) is 17.9. The summed E-state index contributed by atoms with van der Waals surface area (Å²) in [7, 11) is 0. The molecule has 1 amide bonds. The van der Waals surface area contributed by atoms with Gasteiger partial charge in [-0.25, -0.2) is 4.98 Å². The SMILES string of the molecule is Cc1ccc2nnc(Sc3ccc4nc(C5(C(N)=O)CC5)sc4c3)n2n1. The molecule has 130 valence electrons. The molecule has 0 unspecified atom stereocenters. The van der Waals surface area contributed by atoms with E-state index in [0.717, 1.165) is 44.3 Å². The minimum atomic E-state index is -0.540. The molecule has 4 aromatic rings. The highest BCUT2D eigenvalue weighted by Gasteiger charge is 2.52. The van der Waals surface area contributed by atoms with E-state index in [2.05, 4.69) is 26.3 Å². The number of hydrogen-bond acceptors (Lipinski definition) is 7. The summed E-state index contributed by atoms with van der Waals surface area (Å²) in [6.45, 7) is 1.94. The zero-order valence-electron chi connectivity index (χ0n) is 13.8. The number of amides is 1. The summed E-state index contributed by atoms with van der Waals surface area (Å²) >= 11 is 3.04. The summed E-state index contributed by atoms with van der Waals surface area (Å²) in [6.07, 6.45) is 1.58. The summed E-state index contributed by atoms with van der Waals surface area (Å²) in [5.74, 6) is -0.275. The fourth-order valence-electron chi connectivity index (χ4n) is 2.89. The van der Waals surface area contributed by atoms with Crippen molar-refractivity contribution >= 4 is 44.9 Å². The minimum Gasteiger partial charge on any atom is -0.369 e. The Morgan fingerprint density at radius 3 is 2.88 bits per heavy atom. The van der Waals surface area contributed by atoms with E-state index >= 15 is 0 Å². The summed E-state index contributed by atoms with van der Waals surface area (Å²) in [5.41, 5.74) is 7.55. The van der Waals surface area contributed by atoms with Gasteiger partial charge in [-0.2, -0.15) is 9.61 Å². The number of carbonyl (C=O) groups is 1. The molecular formula is C17H14N6OS2. The summed E-state index contributed by atoms with van der Waals surface area (Å²) < 4.78 is 2.78. The number of fused-ring (bicyclic) bond motifs is 2. The topological polar surface area (TPSA) is 99.1 Å². The predicted molar refractivity (Wildman–Crippen MR) is 99.4 cm³/mol. The molecule has 0 radical (unpaired) electrons. The van der Waals surface area contributed by atoms with Crippen LogP contribution < -0.4 is 5.73 Å². The Morgan fingerprint density at radius 2 is 2.12 bits per heavy atom. The van der Waals surface area contributed by atoms with Crippen LogP contribution in [0.4, 0.5) is 0 Å². The van der Waals surface area contributed by atoms with Crippen LogP contribution in [-0.4, -0.2) is 30.7 Å². The van der Waals surface area contributed by atoms with E-state index in [0.29, 0.717) is 5.16 Å². The van der Waals surface area contributed by atoms with Gasteiger partial charge < -0.3 is 5.73 Å². The molecule has 0 spiro atoms. The van der Waals surface area contributed by atoms with Crippen LogP contribution in [0.2, 0.25) is 0 Å². The third-order valence-corrected chi connectivity index (χ3v) is 6.72. The Kier molecular flexibility index (Phi) is 3.32. The van der Waals surface area contributed by atoms with Crippen LogP contribution in [-0.2, 0) is 10.2 Å². The van der Waals surface area contributed by atoms with Crippen molar-refractivity contribution in [2.45, 2.75) is 35.2 Å². The van der Waals surface area contributed by atoms with Gasteiger partial charge in [-0.15, -0.1) is 21.5 Å². The van der Waals surface area contributed by atoms with Gasteiger partial charge in [0, 0.05) is 4.90 Å². The lowest BCUT2D eigenvalue weighted by Crippen LogP contribution is -2.28. The number of rotatable bonds is 4. The summed E-state index contributed by atoms with van der Waals surface area (Å²) in [5, 5.41) is 14.4. The van der Waals surface area contributed by atoms with E-state index in [-0.39, 0.29) is 5.91 Å². The van der Waals surface area contributed by atoms with Crippen molar-refractivity contribution in [3.8, 4) is 0 Å². The highest BCUT2D eigenvalue weighted by molar-refractivity contribution is 7.99. The second kappa shape index (κ2) is 5.49. The van der Waals surface area contributed by atoms with E-state index in [4.69, 9.17) is 5.73 Å². The largest absolute Gasteiger partial charge is 0.369 e. The van der Waals surface area contributed by atoms with Crippen molar-refractivity contribution in [3.63, 3.8) is 0 Å². The molecule has 1 aliphatic rings. The highest BCUT2D eigenvalue weighted by atomic mass is 32.2. The molecule has 7 nitrogen and oxygen atoms in total. The number of thiazole rings is 1. The van der Waals surface area contributed by atoms with E-state index in [9.17, 15) is 4.79 Å². The van der Waals surface area contributed by atoms with Crippen molar-refractivity contribution in [2.75, 3.05) is 0 Å². The van der Waals surface area contributed by atoms with Gasteiger partial charge in [0.2, 0.25) is 11.1 Å². The van der Waals surface area contributed by atoms with Gasteiger partial charge in [-0.3, -0.25) is 4.79 Å². The second-order valence-electron chi connectivity index (χ2n) is 6.42. The second-order valence-corrected chi connectivity index (χ2v) is 8.50. The Balaban J connectivity index is 1.51. The zero-order valence-corrected chi connectivity index (χ0v) is 15.5. The fraction of sp³-hybridized carbons (Fsp3) is 0.235. The molecule has 1 saturated carbocycles.